The summed E-state index contributed by atoms with van der Waals surface area (Å²) in [5.74, 6) is 0.635. The van der Waals surface area contributed by atoms with E-state index < -0.39 is 0 Å². The Balaban J connectivity index is 2.12. The fourth-order valence-corrected chi connectivity index (χ4v) is 2.28. The zero-order valence-corrected chi connectivity index (χ0v) is 7.38. The van der Waals surface area contributed by atoms with E-state index in [1.807, 2.05) is 6.92 Å². The first-order valence-electron chi connectivity index (χ1n) is 4.63. The van der Waals surface area contributed by atoms with E-state index in [0.29, 0.717) is 12.5 Å². The molecule has 2 unspecified atom stereocenters. The van der Waals surface area contributed by atoms with Gasteiger partial charge in [-0.3, -0.25) is 4.79 Å². The van der Waals surface area contributed by atoms with Gasteiger partial charge in [-0.05, 0) is 32.1 Å². The molecule has 0 saturated heterocycles. The minimum absolute atomic E-state index is 0.0127. The Hall–Kier alpha value is -0.790. The molecule has 0 aromatic carbocycles. The normalized spacial score (nSPS) is 37.2. The first kappa shape index (κ1) is 7.84. The van der Waals surface area contributed by atoms with Gasteiger partial charge in [0.15, 0.2) is 0 Å². The molecule has 0 aromatic heterocycles. The topological polar surface area (TPSA) is 26.3 Å². The SMILES string of the molecule is CCOC(=O)C12C=CC(CC1)C2. The molecule has 0 amide bonds. The molecule has 2 nitrogen and oxygen atoms in total. The Morgan fingerprint density at radius 1 is 1.75 bits per heavy atom. The van der Waals surface area contributed by atoms with Crippen LogP contribution in [0.3, 0.4) is 0 Å². The molecule has 2 rings (SSSR count). The lowest BCUT2D eigenvalue weighted by Gasteiger charge is -2.20. The quantitative estimate of drug-likeness (QED) is 0.462. The van der Waals surface area contributed by atoms with Gasteiger partial charge in [0.2, 0.25) is 0 Å². The van der Waals surface area contributed by atoms with Crippen LogP contribution in [0, 0.1) is 11.3 Å². The average Bonchev–Trinajstić information content (AvgIpc) is 2.64. The Labute approximate surface area is 72.6 Å². The van der Waals surface area contributed by atoms with Gasteiger partial charge in [0.25, 0.3) is 0 Å². The molecule has 2 atom stereocenters. The summed E-state index contributed by atoms with van der Waals surface area (Å²) < 4.78 is 5.06. The van der Waals surface area contributed by atoms with Gasteiger partial charge in [-0.25, -0.2) is 0 Å². The Kier molecular flexibility index (Phi) is 1.71. The molecule has 0 N–H and O–H groups in total. The Morgan fingerprint density at radius 2 is 2.58 bits per heavy atom. The van der Waals surface area contributed by atoms with Gasteiger partial charge in [0.05, 0.1) is 12.0 Å². The largest absolute Gasteiger partial charge is 0.465 e. The van der Waals surface area contributed by atoms with Crippen LogP contribution in [0.25, 0.3) is 0 Å². The fraction of sp³-hybridized carbons (Fsp3) is 0.700. The summed E-state index contributed by atoms with van der Waals surface area (Å²) in [6.07, 6.45) is 7.37. The van der Waals surface area contributed by atoms with Crippen molar-refractivity contribution < 1.29 is 9.53 Å². The summed E-state index contributed by atoms with van der Waals surface area (Å²) in [6.45, 7) is 2.36. The molecule has 66 valence electrons. The van der Waals surface area contributed by atoms with Crippen molar-refractivity contribution >= 4 is 5.97 Å². The van der Waals surface area contributed by atoms with Crippen molar-refractivity contribution in [1.82, 2.24) is 0 Å². The van der Waals surface area contributed by atoms with Crippen molar-refractivity contribution in [2.24, 2.45) is 11.3 Å². The number of carbonyl (C=O) groups excluding carboxylic acids is 1. The second-order valence-corrected chi connectivity index (χ2v) is 3.74. The minimum atomic E-state index is -0.222. The van der Waals surface area contributed by atoms with Crippen LogP contribution >= 0.6 is 0 Å². The number of rotatable bonds is 2. The fourth-order valence-electron chi connectivity index (χ4n) is 2.28. The Bertz CT molecular complexity index is 232. The van der Waals surface area contributed by atoms with Gasteiger partial charge in [-0.2, -0.15) is 0 Å². The maximum Gasteiger partial charge on any atom is 0.315 e. The van der Waals surface area contributed by atoms with Crippen molar-refractivity contribution in [2.45, 2.75) is 26.2 Å². The molecule has 2 heteroatoms. The minimum Gasteiger partial charge on any atom is -0.465 e. The third-order valence-electron chi connectivity index (χ3n) is 2.96. The third kappa shape index (κ3) is 0.977. The number of esters is 1. The molecule has 2 aliphatic rings. The van der Waals surface area contributed by atoms with Crippen molar-refractivity contribution in [3.05, 3.63) is 12.2 Å². The molecule has 0 spiro atoms. The summed E-state index contributed by atoms with van der Waals surface area (Å²) in [6, 6.07) is 0. The van der Waals surface area contributed by atoms with Gasteiger partial charge in [-0.1, -0.05) is 12.2 Å². The van der Waals surface area contributed by atoms with Crippen molar-refractivity contribution in [1.29, 1.82) is 0 Å². The predicted molar refractivity (Wildman–Crippen MR) is 45.5 cm³/mol. The highest BCUT2D eigenvalue weighted by atomic mass is 16.5. The average molecular weight is 166 g/mol. The van der Waals surface area contributed by atoms with Crippen LogP contribution in [-0.2, 0) is 9.53 Å². The number of carbonyl (C=O) groups is 1. The number of allylic oxidation sites excluding steroid dienone is 1. The standard InChI is InChI=1S/C10H14O2/c1-2-12-9(11)10-5-3-8(7-10)4-6-10/h3,5,8H,2,4,6-7H2,1H3. The van der Waals surface area contributed by atoms with Gasteiger partial charge in [0, 0.05) is 0 Å². The highest BCUT2D eigenvalue weighted by molar-refractivity contribution is 5.80. The maximum atomic E-state index is 11.6. The summed E-state index contributed by atoms with van der Waals surface area (Å²) >= 11 is 0. The molecule has 0 aromatic rings. The number of ether oxygens (including phenoxy) is 1. The molecule has 0 heterocycles. The number of hydrogen-bond donors (Lipinski definition) is 0. The van der Waals surface area contributed by atoms with Crippen LogP contribution in [0.1, 0.15) is 26.2 Å². The zero-order chi connectivity index (χ0) is 8.60. The van der Waals surface area contributed by atoms with Crippen LogP contribution in [0.4, 0.5) is 0 Å². The van der Waals surface area contributed by atoms with E-state index in [4.69, 9.17) is 4.74 Å². The van der Waals surface area contributed by atoms with E-state index in [9.17, 15) is 4.79 Å². The lowest BCUT2D eigenvalue weighted by molar-refractivity contribution is -0.151. The lowest BCUT2D eigenvalue weighted by Crippen LogP contribution is -2.26. The smallest absolute Gasteiger partial charge is 0.315 e. The molecular formula is C10H14O2. The molecule has 0 aliphatic heterocycles. The van der Waals surface area contributed by atoms with E-state index in [1.54, 1.807) is 0 Å². The number of hydrogen-bond acceptors (Lipinski definition) is 2. The molecule has 12 heavy (non-hydrogen) atoms. The van der Waals surface area contributed by atoms with Crippen LogP contribution < -0.4 is 0 Å². The van der Waals surface area contributed by atoms with Crippen LogP contribution in [0.2, 0.25) is 0 Å². The van der Waals surface area contributed by atoms with E-state index in [0.717, 1.165) is 19.3 Å². The van der Waals surface area contributed by atoms with E-state index >= 15 is 0 Å². The van der Waals surface area contributed by atoms with E-state index in [2.05, 4.69) is 12.2 Å². The zero-order valence-electron chi connectivity index (χ0n) is 7.38. The second-order valence-electron chi connectivity index (χ2n) is 3.74. The van der Waals surface area contributed by atoms with Gasteiger partial charge < -0.3 is 4.74 Å². The first-order chi connectivity index (χ1) is 5.77. The lowest BCUT2D eigenvalue weighted by atomic mass is 9.88. The van der Waals surface area contributed by atoms with Gasteiger partial charge >= 0.3 is 5.97 Å². The monoisotopic (exact) mass is 166 g/mol. The van der Waals surface area contributed by atoms with Crippen LogP contribution in [0.5, 0.6) is 0 Å². The van der Waals surface area contributed by atoms with E-state index in [1.165, 1.54) is 0 Å². The summed E-state index contributed by atoms with van der Waals surface area (Å²) in [5, 5.41) is 0. The summed E-state index contributed by atoms with van der Waals surface area (Å²) in [4.78, 5) is 11.6. The highest BCUT2D eigenvalue weighted by Crippen LogP contribution is 2.49. The first-order valence-corrected chi connectivity index (χ1v) is 4.63. The molecule has 2 bridgehead atoms. The van der Waals surface area contributed by atoms with Crippen molar-refractivity contribution in [2.75, 3.05) is 6.61 Å². The van der Waals surface area contributed by atoms with Crippen molar-refractivity contribution in [3.8, 4) is 0 Å². The molecular weight excluding hydrogens is 152 g/mol. The molecule has 0 radical (unpaired) electrons. The molecule has 1 saturated carbocycles. The number of fused-ring (bicyclic) bond motifs is 2. The van der Waals surface area contributed by atoms with Gasteiger partial charge in [-0.15, -0.1) is 0 Å². The van der Waals surface area contributed by atoms with Gasteiger partial charge in [0.1, 0.15) is 0 Å². The molecule has 2 aliphatic carbocycles. The van der Waals surface area contributed by atoms with Crippen molar-refractivity contribution in [3.63, 3.8) is 0 Å². The predicted octanol–water partition coefficient (Wildman–Crippen LogP) is 1.91. The summed E-state index contributed by atoms with van der Waals surface area (Å²) in [7, 11) is 0. The van der Waals surface area contributed by atoms with E-state index in [-0.39, 0.29) is 11.4 Å². The maximum absolute atomic E-state index is 11.6. The second kappa shape index (κ2) is 2.61. The third-order valence-corrected chi connectivity index (χ3v) is 2.96. The Morgan fingerprint density at radius 3 is 3.00 bits per heavy atom. The van der Waals surface area contributed by atoms with Crippen LogP contribution in [0.15, 0.2) is 12.2 Å². The highest BCUT2D eigenvalue weighted by Gasteiger charge is 2.47. The van der Waals surface area contributed by atoms with Crippen LogP contribution in [-0.4, -0.2) is 12.6 Å². The molecule has 1 fully saturated rings. The summed E-state index contributed by atoms with van der Waals surface area (Å²) in [5.41, 5.74) is -0.222.